The number of amides is 1. The molecule has 2 N–H and O–H groups in total. The SMILES string of the molecule is C#CCNC(=O)c1cc(C(=O)c2c(-c3ccc(Cl)cc3)noc2C)c[nH]1. The van der Waals surface area contributed by atoms with E-state index in [1.807, 2.05) is 0 Å². The van der Waals surface area contributed by atoms with Gasteiger partial charge in [-0.3, -0.25) is 9.59 Å². The zero-order valence-electron chi connectivity index (χ0n) is 13.8. The second-order valence-electron chi connectivity index (χ2n) is 5.49. The number of hydrogen-bond acceptors (Lipinski definition) is 4. The number of aromatic nitrogens is 2. The Morgan fingerprint density at radius 3 is 2.77 bits per heavy atom. The molecular formula is C19H14ClN3O3. The highest BCUT2D eigenvalue weighted by Crippen LogP contribution is 2.28. The molecule has 0 radical (unpaired) electrons. The summed E-state index contributed by atoms with van der Waals surface area (Å²) >= 11 is 5.91. The van der Waals surface area contributed by atoms with Crippen LogP contribution in [0.1, 0.15) is 32.2 Å². The number of rotatable bonds is 5. The Labute approximate surface area is 154 Å². The Morgan fingerprint density at radius 1 is 1.35 bits per heavy atom. The molecule has 3 rings (SSSR count). The van der Waals surface area contributed by atoms with Gasteiger partial charge in [-0.05, 0) is 25.1 Å². The van der Waals surface area contributed by atoms with Gasteiger partial charge in [0.15, 0.2) is 5.78 Å². The van der Waals surface area contributed by atoms with Crippen molar-refractivity contribution < 1.29 is 14.1 Å². The van der Waals surface area contributed by atoms with Crippen LogP contribution in [-0.4, -0.2) is 28.4 Å². The predicted octanol–water partition coefficient (Wildman–Crippen LogP) is 3.23. The third-order valence-electron chi connectivity index (χ3n) is 3.75. The fraction of sp³-hybridized carbons (Fsp3) is 0.105. The summed E-state index contributed by atoms with van der Waals surface area (Å²) in [6, 6.07) is 8.39. The Kier molecular flexibility index (Phi) is 4.92. The lowest BCUT2D eigenvalue weighted by Gasteiger charge is -2.01. The molecule has 1 aromatic carbocycles. The van der Waals surface area contributed by atoms with E-state index in [9.17, 15) is 9.59 Å². The van der Waals surface area contributed by atoms with Gasteiger partial charge in [0.25, 0.3) is 5.91 Å². The number of benzene rings is 1. The molecule has 0 fully saturated rings. The molecule has 0 aliphatic heterocycles. The van der Waals surface area contributed by atoms with Gasteiger partial charge in [-0.15, -0.1) is 6.42 Å². The summed E-state index contributed by atoms with van der Waals surface area (Å²) in [5, 5.41) is 7.10. The number of aromatic amines is 1. The lowest BCUT2D eigenvalue weighted by molar-refractivity contribution is 0.0954. The van der Waals surface area contributed by atoms with E-state index >= 15 is 0 Å². The lowest BCUT2D eigenvalue weighted by atomic mass is 9.99. The van der Waals surface area contributed by atoms with Crippen molar-refractivity contribution in [1.82, 2.24) is 15.5 Å². The summed E-state index contributed by atoms with van der Waals surface area (Å²) in [6.07, 6.45) is 6.58. The normalized spacial score (nSPS) is 10.3. The summed E-state index contributed by atoms with van der Waals surface area (Å²) < 4.78 is 5.21. The molecule has 0 atom stereocenters. The number of H-pyrrole nitrogens is 1. The first-order valence-electron chi connectivity index (χ1n) is 7.68. The van der Waals surface area contributed by atoms with Crippen LogP contribution in [0.2, 0.25) is 5.02 Å². The zero-order chi connectivity index (χ0) is 18.7. The van der Waals surface area contributed by atoms with E-state index in [1.54, 1.807) is 31.2 Å². The van der Waals surface area contributed by atoms with Crippen LogP contribution in [-0.2, 0) is 0 Å². The fourth-order valence-electron chi connectivity index (χ4n) is 2.47. The van der Waals surface area contributed by atoms with E-state index in [4.69, 9.17) is 22.5 Å². The maximum Gasteiger partial charge on any atom is 0.268 e. The van der Waals surface area contributed by atoms with Crippen LogP contribution in [0.15, 0.2) is 41.1 Å². The maximum absolute atomic E-state index is 12.9. The van der Waals surface area contributed by atoms with Gasteiger partial charge in [0.05, 0.1) is 12.1 Å². The number of hydrogen-bond donors (Lipinski definition) is 2. The minimum Gasteiger partial charge on any atom is -0.360 e. The second kappa shape index (κ2) is 7.30. The topological polar surface area (TPSA) is 88.0 Å². The number of terminal acetylenes is 1. The van der Waals surface area contributed by atoms with Crippen LogP contribution >= 0.6 is 11.6 Å². The summed E-state index contributed by atoms with van der Waals surface area (Å²) in [6.45, 7) is 1.76. The number of aryl methyl sites for hydroxylation is 1. The van der Waals surface area contributed by atoms with E-state index in [0.29, 0.717) is 33.2 Å². The molecule has 2 heterocycles. The number of nitrogens with zero attached hydrogens (tertiary/aromatic N) is 1. The lowest BCUT2D eigenvalue weighted by Crippen LogP contribution is -2.23. The van der Waals surface area contributed by atoms with Crippen molar-refractivity contribution in [1.29, 1.82) is 0 Å². The Hall–Kier alpha value is -3.30. The summed E-state index contributed by atoms with van der Waals surface area (Å²) in [5.74, 6) is 2.01. The van der Waals surface area contributed by atoms with Crippen LogP contribution in [0.3, 0.4) is 0 Å². The number of carbonyl (C=O) groups excluding carboxylic acids is 2. The van der Waals surface area contributed by atoms with Gasteiger partial charge in [0, 0.05) is 22.3 Å². The smallest absolute Gasteiger partial charge is 0.268 e. The third-order valence-corrected chi connectivity index (χ3v) is 4.00. The molecule has 0 unspecified atom stereocenters. The van der Waals surface area contributed by atoms with Crippen molar-refractivity contribution in [3.63, 3.8) is 0 Å². The molecule has 0 aliphatic carbocycles. The first-order valence-corrected chi connectivity index (χ1v) is 8.06. The molecule has 0 bridgehead atoms. The highest BCUT2D eigenvalue weighted by Gasteiger charge is 2.24. The average Bonchev–Trinajstić information content (AvgIpc) is 3.27. The van der Waals surface area contributed by atoms with Crippen LogP contribution in [0.5, 0.6) is 0 Å². The van der Waals surface area contributed by atoms with Crippen molar-refractivity contribution in [2.24, 2.45) is 0 Å². The minimum atomic E-state index is -0.387. The quantitative estimate of drug-likeness (QED) is 0.535. The molecule has 6 nitrogen and oxygen atoms in total. The second-order valence-corrected chi connectivity index (χ2v) is 5.92. The predicted molar refractivity (Wildman–Crippen MR) is 97.1 cm³/mol. The fourth-order valence-corrected chi connectivity index (χ4v) is 2.60. The highest BCUT2D eigenvalue weighted by atomic mass is 35.5. The van der Waals surface area contributed by atoms with Crippen LogP contribution < -0.4 is 5.32 Å². The largest absolute Gasteiger partial charge is 0.360 e. The van der Waals surface area contributed by atoms with E-state index < -0.39 is 0 Å². The van der Waals surface area contributed by atoms with Gasteiger partial charge >= 0.3 is 0 Å². The van der Waals surface area contributed by atoms with Crippen molar-refractivity contribution >= 4 is 23.3 Å². The molecule has 0 aliphatic rings. The highest BCUT2D eigenvalue weighted by molar-refractivity contribution is 6.30. The Balaban J connectivity index is 1.93. The minimum absolute atomic E-state index is 0.104. The average molecular weight is 368 g/mol. The van der Waals surface area contributed by atoms with Crippen LogP contribution in [0, 0.1) is 19.3 Å². The van der Waals surface area contributed by atoms with E-state index in [-0.39, 0.29) is 23.9 Å². The Bertz CT molecular complexity index is 1010. The van der Waals surface area contributed by atoms with Gasteiger partial charge in [-0.2, -0.15) is 0 Å². The summed E-state index contributed by atoms with van der Waals surface area (Å²) in [7, 11) is 0. The maximum atomic E-state index is 12.9. The number of halogens is 1. The monoisotopic (exact) mass is 367 g/mol. The molecule has 2 aromatic heterocycles. The first-order chi connectivity index (χ1) is 12.5. The first kappa shape index (κ1) is 17.5. The molecule has 0 saturated heterocycles. The van der Waals surface area contributed by atoms with Gasteiger partial charge in [0.2, 0.25) is 0 Å². The molecular weight excluding hydrogens is 354 g/mol. The van der Waals surface area contributed by atoms with Crippen molar-refractivity contribution in [3.8, 4) is 23.6 Å². The summed E-state index contributed by atoms with van der Waals surface area (Å²) in [4.78, 5) is 27.6. The summed E-state index contributed by atoms with van der Waals surface area (Å²) in [5.41, 5.74) is 2.02. The third kappa shape index (κ3) is 3.39. The van der Waals surface area contributed by atoms with Crippen molar-refractivity contribution in [2.45, 2.75) is 6.92 Å². The molecule has 0 saturated carbocycles. The molecule has 3 aromatic rings. The molecule has 1 amide bonds. The molecule has 26 heavy (non-hydrogen) atoms. The van der Waals surface area contributed by atoms with Crippen molar-refractivity contribution in [2.75, 3.05) is 6.54 Å². The molecule has 130 valence electrons. The van der Waals surface area contributed by atoms with E-state index in [1.165, 1.54) is 12.3 Å². The van der Waals surface area contributed by atoms with Crippen LogP contribution in [0.25, 0.3) is 11.3 Å². The van der Waals surface area contributed by atoms with Crippen molar-refractivity contribution in [3.05, 3.63) is 64.1 Å². The number of carbonyl (C=O) groups is 2. The van der Waals surface area contributed by atoms with Gasteiger partial charge in [0.1, 0.15) is 17.1 Å². The number of ketones is 1. The van der Waals surface area contributed by atoms with Gasteiger partial charge in [-0.1, -0.05) is 34.8 Å². The zero-order valence-corrected chi connectivity index (χ0v) is 14.6. The molecule has 0 spiro atoms. The standard InChI is InChI=1S/C19H14ClN3O3/c1-3-8-21-19(25)15-9-13(10-22-15)18(24)16-11(2)26-23-17(16)12-4-6-14(20)7-5-12/h1,4-7,9-10,22H,8H2,2H3,(H,21,25). The van der Waals surface area contributed by atoms with Gasteiger partial charge in [-0.25, -0.2) is 0 Å². The number of nitrogens with one attached hydrogen (secondary N) is 2. The van der Waals surface area contributed by atoms with E-state index in [0.717, 1.165) is 0 Å². The Morgan fingerprint density at radius 2 is 2.08 bits per heavy atom. The molecule has 7 heteroatoms. The van der Waals surface area contributed by atoms with E-state index in [2.05, 4.69) is 21.4 Å². The van der Waals surface area contributed by atoms with Crippen LogP contribution in [0.4, 0.5) is 0 Å². The van der Waals surface area contributed by atoms with Gasteiger partial charge < -0.3 is 14.8 Å².